The van der Waals surface area contributed by atoms with Crippen LogP contribution >= 0.6 is 0 Å². The van der Waals surface area contributed by atoms with Gasteiger partial charge in [-0.05, 0) is 58.7 Å². The molecule has 3 aromatic carbocycles. The predicted molar refractivity (Wildman–Crippen MR) is 121 cm³/mol. The molecule has 7 nitrogen and oxygen atoms in total. The number of tetrazole rings is 1. The van der Waals surface area contributed by atoms with Crippen LogP contribution in [0, 0.1) is 0 Å². The Hall–Kier alpha value is -4.00. The lowest BCUT2D eigenvalue weighted by Crippen LogP contribution is -2.21. The molecule has 1 heterocycles. The number of aromatic nitrogens is 4. The van der Waals surface area contributed by atoms with Gasteiger partial charge in [0.2, 0.25) is 5.91 Å². The second kappa shape index (κ2) is 8.39. The number of rotatable bonds is 7. The Kier molecular flexibility index (Phi) is 5.14. The lowest BCUT2D eigenvalue weighted by atomic mass is 10.1. The van der Waals surface area contributed by atoms with Crippen LogP contribution in [-0.4, -0.2) is 32.7 Å². The molecule has 0 spiro atoms. The third-order valence-electron chi connectivity index (χ3n) is 5.24. The molecule has 1 amide bonds. The number of benzene rings is 3. The van der Waals surface area contributed by atoms with Crippen molar-refractivity contribution in [3.05, 3.63) is 78.9 Å². The van der Waals surface area contributed by atoms with Crippen LogP contribution < -0.4 is 10.6 Å². The Balaban J connectivity index is 1.20. The molecule has 2 N–H and O–H groups in total. The molecule has 154 valence electrons. The highest BCUT2D eigenvalue weighted by atomic mass is 16.1. The van der Waals surface area contributed by atoms with Crippen molar-refractivity contribution in [2.75, 3.05) is 17.2 Å². The quantitative estimate of drug-likeness (QED) is 0.472. The van der Waals surface area contributed by atoms with Gasteiger partial charge in [-0.25, -0.2) is 4.68 Å². The van der Waals surface area contributed by atoms with Gasteiger partial charge in [-0.15, -0.1) is 5.10 Å². The number of nitrogens with zero attached hydrogens (tertiary/aromatic N) is 4. The largest absolute Gasteiger partial charge is 0.376 e. The standard InChI is InChI=1S/C24H22N6O/c31-23(26-20-11-9-18(10-12-20)17-5-2-1-3-6-17)16-25-21-8-4-7-19(15-21)24-27-28-29-30(24)22-13-14-22/h1-12,15,22,25H,13-14,16H2,(H,26,31). The van der Waals surface area contributed by atoms with Gasteiger partial charge in [-0.1, -0.05) is 54.6 Å². The van der Waals surface area contributed by atoms with E-state index in [1.54, 1.807) is 0 Å². The molecule has 0 atom stereocenters. The number of anilines is 2. The van der Waals surface area contributed by atoms with E-state index in [1.165, 1.54) is 0 Å². The molecule has 1 aromatic heterocycles. The minimum atomic E-state index is -0.110. The van der Waals surface area contributed by atoms with E-state index in [1.807, 2.05) is 71.4 Å². The summed E-state index contributed by atoms with van der Waals surface area (Å²) in [6.07, 6.45) is 2.23. The zero-order valence-electron chi connectivity index (χ0n) is 16.9. The van der Waals surface area contributed by atoms with Gasteiger partial charge in [0.15, 0.2) is 5.82 Å². The number of carbonyl (C=O) groups is 1. The van der Waals surface area contributed by atoms with Crippen molar-refractivity contribution in [1.29, 1.82) is 0 Å². The van der Waals surface area contributed by atoms with Gasteiger partial charge in [0.1, 0.15) is 0 Å². The van der Waals surface area contributed by atoms with Gasteiger partial charge >= 0.3 is 0 Å². The Labute approximate surface area is 180 Å². The molecule has 0 bridgehead atoms. The highest BCUT2D eigenvalue weighted by Crippen LogP contribution is 2.36. The maximum Gasteiger partial charge on any atom is 0.243 e. The van der Waals surface area contributed by atoms with Crippen molar-refractivity contribution in [3.8, 4) is 22.5 Å². The van der Waals surface area contributed by atoms with Crippen LogP contribution in [0.3, 0.4) is 0 Å². The summed E-state index contributed by atoms with van der Waals surface area (Å²) >= 11 is 0. The van der Waals surface area contributed by atoms with Gasteiger partial charge < -0.3 is 10.6 Å². The van der Waals surface area contributed by atoms with Crippen LogP contribution in [0.25, 0.3) is 22.5 Å². The molecule has 0 unspecified atom stereocenters. The monoisotopic (exact) mass is 410 g/mol. The van der Waals surface area contributed by atoms with E-state index in [-0.39, 0.29) is 12.5 Å². The molecule has 5 rings (SSSR count). The number of hydrogen-bond donors (Lipinski definition) is 2. The summed E-state index contributed by atoms with van der Waals surface area (Å²) in [5.74, 6) is 0.648. The topological polar surface area (TPSA) is 84.7 Å². The fourth-order valence-corrected chi connectivity index (χ4v) is 3.48. The first kappa shape index (κ1) is 19.0. The summed E-state index contributed by atoms with van der Waals surface area (Å²) in [5.41, 5.74) is 4.80. The predicted octanol–water partition coefficient (Wildman–Crippen LogP) is 4.39. The highest BCUT2D eigenvalue weighted by molar-refractivity contribution is 5.94. The fourth-order valence-electron chi connectivity index (χ4n) is 3.48. The van der Waals surface area contributed by atoms with Crippen LogP contribution in [0.2, 0.25) is 0 Å². The summed E-state index contributed by atoms with van der Waals surface area (Å²) < 4.78 is 1.88. The smallest absolute Gasteiger partial charge is 0.243 e. The molecule has 4 aromatic rings. The van der Waals surface area contributed by atoms with Gasteiger partial charge in [0, 0.05) is 16.9 Å². The second-order valence-corrected chi connectivity index (χ2v) is 7.60. The van der Waals surface area contributed by atoms with Gasteiger partial charge in [-0.3, -0.25) is 4.79 Å². The summed E-state index contributed by atoms with van der Waals surface area (Å²) in [6, 6.07) is 26.2. The van der Waals surface area contributed by atoms with Crippen LogP contribution in [0.4, 0.5) is 11.4 Å². The highest BCUT2D eigenvalue weighted by Gasteiger charge is 2.28. The molecule has 31 heavy (non-hydrogen) atoms. The maximum absolute atomic E-state index is 12.4. The fraction of sp³-hybridized carbons (Fsp3) is 0.167. The minimum absolute atomic E-state index is 0.110. The maximum atomic E-state index is 12.4. The van der Waals surface area contributed by atoms with E-state index in [0.29, 0.717) is 6.04 Å². The number of amides is 1. The third kappa shape index (κ3) is 4.45. The minimum Gasteiger partial charge on any atom is -0.376 e. The van der Waals surface area contributed by atoms with E-state index in [2.05, 4.69) is 38.3 Å². The third-order valence-corrected chi connectivity index (χ3v) is 5.24. The van der Waals surface area contributed by atoms with Crippen molar-refractivity contribution in [2.24, 2.45) is 0 Å². The van der Waals surface area contributed by atoms with Crippen molar-refractivity contribution in [3.63, 3.8) is 0 Å². The van der Waals surface area contributed by atoms with Crippen LogP contribution in [0.1, 0.15) is 18.9 Å². The summed E-state index contributed by atoms with van der Waals surface area (Å²) in [4.78, 5) is 12.4. The first-order valence-electron chi connectivity index (χ1n) is 10.3. The Morgan fingerprint density at radius 2 is 1.61 bits per heavy atom. The zero-order chi connectivity index (χ0) is 21.0. The normalized spacial score (nSPS) is 13.0. The average molecular weight is 410 g/mol. The van der Waals surface area contributed by atoms with E-state index >= 15 is 0 Å². The Bertz CT molecular complexity index is 1180. The molecule has 0 saturated heterocycles. The molecule has 7 heteroatoms. The molecule has 1 fully saturated rings. The van der Waals surface area contributed by atoms with Crippen LogP contribution in [0.5, 0.6) is 0 Å². The molecule has 0 radical (unpaired) electrons. The van der Waals surface area contributed by atoms with E-state index in [9.17, 15) is 4.79 Å². The number of hydrogen-bond acceptors (Lipinski definition) is 5. The van der Waals surface area contributed by atoms with Gasteiger partial charge in [0.25, 0.3) is 0 Å². The number of nitrogens with one attached hydrogen (secondary N) is 2. The van der Waals surface area contributed by atoms with Crippen LogP contribution in [-0.2, 0) is 4.79 Å². The van der Waals surface area contributed by atoms with Gasteiger partial charge in [0.05, 0.1) is 12.6 Å². The zero-order valence-corrected chi connectivity index (χ0v) is 16.9. The first-order chi connectivity index (χ1) is 15.3. The molecule has 0 aliphatic heterocycles. The van der Waals surface area contributed by atoms with E-state index in [0.717, 1.165) is 46.7 Å². The first-order valence-corrected chi connectivity index (χ1v) is 10.3. The van der Waals surface area contributed by atoms with Crippen molar-refractivity contribution < 1.29 is 4.79 Å². The Morgan fingerprint density at radius 3 is 2.39 bits per heavy atom. The molecule has 1 saturated carbocycles. The Morgan fingerprint density at radius 1 is 0.871 bits per heavy atom. The lowest BCUT2D eigenvalue weighted by molar-refractivity contribution is -0.114. The summed E-state index contributed by atoms with van der Waals surface area (Å²) in [7, 11) is 0. The van der Waals surface area contributed by atoms with Crippen LogP contribution in [0.15, 0.2) is 78.9 Å². The molecular weight excluding hydrogens is 388 g/mol. The van der Waals surface area contributed by atoms with Crippen molar-refractivity contribution in [2.45, 2.75) is 18.9 Å². The molecule has 1 aliphatic rings. The van der Waals surface area contributed by atoms with Gasteiger partial charge in [-0.2, -0.15) is 0 Å². The second-order valence-electron chi connectivity index (χ2n) is 7.60. The average Bonchev–Trinajstić information content (AvgIpc) is 3.55. The van der Waals surface area contributed by atoms with E-state index < -0.39 is 0 Å². The lowest BCUT2D eigenvalue weighted by Gasteiger charge is -2.10. The number of carbonyl (C=O) groups excluding carboxylic acids is 1. The SMILES string of the molecule is O=C(CNc1cccc(-c2nnnn2C2CC2)c1)Nc1ccc(-c2ccccc2)cc1. The van der Waals surface area contributed by atoms with Crippen molar-refractivity contribution >= 4 is 17.3 Å². The molecule has 1 aliphatic carbocycles. The summed E-state index contributed by atoms with van der Waals surface area (Å²) in [6.45, 7) is 0.164. The summed E-state index contributed by atoms with van der Waals surface area (Å²) in [5, 5.41) is 18.2. The van der Waals surface area contributed by atoms with E-state index in [4.69, 9.17) is 0 Å². The van der Waals surface area contributed by atoms with Crippen molar-refractivity contribution in [1.82, 2.24) is 20.2 Å². The molecular formula is C24H22N6O.